The van der Waals surface area contributed by atoms with Gasteiger partial charge >= 0.3 is 0 Å². The van der Waals surface area contributed by atoms with Crippen LogP contribution in [0, 0.1) is 6.92 Å². The second-order valence-corrected chi connectivity index (χ2v) is 6.03. The van der Waals surface area contributed by atoms with Gasteiger partial charge in [0.15, 0.2) is 0 Å². The summed E-state index contributed by atoms with van der Waals surface area (Å²) in [4.78, 5) is 4.54. The third-order valence-corrected chi connectivity index (χ3v) is 3.02. The van der Waals surface area contributed by atoms with E-state index in [4.69, 9.17) is 4.74 Å². The minimum absolute atomic E-state index is 0.0181. The predicted octanol–water partition coefficient (Wildman–Crippen LogP) is 3.97. The minimum Gasteiger partial charge on any atom is -0.439 e. The Balaban J connectivity index is 2.36. The molecule has 0 spiro atoms. The fourth-order valence-corrected chi connectivity index (χ4v) is 1.89. The first kappa shape index (κ1) is 14.5. The number of nitrogens with zero attached hydrogens (tertiary/aromatic N) is 1. The van der Waals surface area contributed by atoms with E-state index < -0.39 is 0 Å². The van der Waals surface area contributed by atoms with Crippen LogP contribution in [0.3, 0.4) is 0 Å². The maximum absolute atomic E-state index is 9.38. The number of pyridine rings is 1. The molecule has 0 bridgehead atoms. The lowest BCUT2D eigenvalue weighted by molar-refractivity contribution is 0.280. The van der Waals surface area contributed by atoms with Crippen molar-refractivity contribution in [2.24, 2.45) is 0 Å². The highest BCUT2D eigenvalue weighted by Gasteiger charge is 2.17. The number of aliphatic hydroxyl groups is 1. The maximum atomic E-state index is 9.38. The summed E-state index contributed by atoms with van der Waals surface area (Å²) >= 11 is 0. The van der Waals surface area contributed by atoms with Crippen LogP contribution in [0.2, 0.25) is 0 Å². The predicted molar refractivity (Wildman–Crippen MR) is 80.1 cm³/mol. The number of aliphatic hydroxyl groups excluding tert-OH is 1. The molecule has 0 saturated heterocycles. The van der Waals surface area contributed by atoms with Gasteiger partial charge in [-0.25, -0.2) is 4.98 Å². The molecule has 3 nitrogen and oxygen atoms in total. The van der Waals surface area contributed by atoms with E-state index in [0.717, 1.165) is 22.6 Å². The highest BCUT2D eigenvalue weighted by molar-refractivity contribution is 5.34. The zero-order valence-electron chi connectivity index (χ0n) is 12.5. The first-order valence-electron chi connectivity index (χ1n) is 6.75. The van der Waals surface area contributed by atoms with Gasteiger partial charge in [-0.05, 0) is 36.2 Å². The van der Waals surface area contributed by atoms with Gasteiger partial charge in [0.25, 0.3) is 0 Å². The lowest BCUT2D eigenvalue weighted by Crippen LogP contribution is -2.14. The molecule has 20 heavy (non-hydrogen) atoms. The first-order valence-corrected chi connectivity index (χ1v) is 6.75. The molecule has 0 aliphatic rings. The second-order valence-electron chi connectivity index (χ2n) is 6.03. The topological polar surface area (TPSA) is 42.4 Å². The Hall–Kier alpha value is -1.87. The lowest BCUT2D eigenvalue weighted by Gasteiger charge is -2.19. The number of benzene rings is 1. The van der Waals surface area contributed by atoms with Gasteiger partial charge in [-0.15, -0.1) is 0 Å². The van der Waals surface area contributed by atoms with Crippen molar-refractivity contribution < 1.29 is 9.84 Å². The highest BCUT2D eigenvalue weighted by Crippen LogP contribution is 2.27. The Bertz CT molecular complexity index is 600. The third kappa shape index (κ3) is 3.58. The fraction of sp³-hybridized carbons (Fsp3) is 0.353. The third-order valence-electron chi connectivity index (χ3n) is 3.02. The Labute approximate surface area is 120 Å². The molecular weight excluding hydrogens is 250 g/mol. The molecule has 1 N–H and O–H groups in total. The summed E-state index contributed by atoms with van der Waals surface area (Å²) in [5.74, 6) is 1.28. The van der Waals surface area contributed by atoms with Crippen LogP contribution in [0.1, 0.15) is 37.6 Å². The number of rotatable bonds is 3. The van der Waals surface area contributed by atoms with E-state index in [1.807, 2.05) is 37.3 Å². The second kappa shape index (κ2) is 5.63. The van der Waals surface area contributed by atoms with E-state index in [9.17, 15) is 5.11 Å². The van der Waals surface area contributed by atoms with Crippen LogP contribution in [0.5, 0.6) is 11.6 Å². The number of aromatic nitrogens is 1. The summed E-state index contributed by atoms with van der Waals surface area (Å²) < 4.78 is 5.82. The van der Waals surface area contributed by atoms with E-state index in [-0.39, 0.29) is 12.0 Å². The zero-order valence-corrected chi connectivity index (χ0v) is 12.5. The van der Waals surface area contributed by atoms with Crippen molar-refractivity contribution in [1.29, 1.82) is 0 Å². The van der Waals surface area contributed by atoms with Crippen LogP contribution < -0.4 is 4.74 Å². The number of hydrogen-bond acceptors (Lipinski definition) is 3. The average Bonchev–Trinajstić information content (AvgIpc) is 2.37. The first-order chi connectivity index (χ1) is 9.38. The fourth-order valence-electron chi connectivity index (χ4n) is 1.89. The number of hydrogen-bond donors (Lipinski definition) is 1. The van der Waals surface area contributed by atoms with Crippen molar-refractivity contribution in [1.82, 2.24) is 4.98 Å². The summed E-state index contributed by atoms with van der Waals surface area (Å²) in [6.07, 6.45) is 0. The van der Waals surface area contributed by atoms with Crippen LogP contribution in [-0.4, -0.2) is 10.1 Å². The van der Waals surface area contributed by atoms with E-state index >= 15 is 0 Å². The molecule has 2 aromatic rings. The smallest absolute Gasteiger partial charge is 0.219 e. The van der Waals surface area contributed by atoms with E-state index in [1.54, 1.807) is 6.07 Å². The van der Waals surface area contributed by atoms with Crippen LogP contribution in [0.4, 0.5) is 0 Å². The molecule has 0 aliphatic heterocycles. The molecule has 0 radical (unpaired) electrons. The molecule has 106 valence electrons. The lowest BCUT2D eigenvalue weighted by atomic mass is 9.91. The Kier molecular flexibility index (Phi) is 4.09. The molecule has 0 aliphatic carbocycles. The Morgan fingerprint density at radius 1 is 1.15 bits per heavy atom. The quantitative estimate of drug-likeness (QED) is 0.918. The van der Waals surface area contributed by atoms with Crippen LogP contribution >= 0.6 is 0 Å². The Morgan fingerprint density at radius 2 is 1.90 bits per heavy atom. The summed E-state index contributed by atoms with van der Waals surface area (Å²) in [6, 6.07) is 11.5. The summed E-state index contributed by atoms with van der Waals surface area (Å²) in [6.45, 7) is 8.27. The number of ether oxygens (including phenoxy) is 1. The van der Waals surface area contributed by atoms with Gasteiger partial charge in [-0.2, -0.15) is 0 Å². The van der Waals surface area contributed by atoms with Gasteiger partial charge in [0.2, 0.25) is 5.88 Å². The molecule has 2 rings (SSSR count). The monoisotopic (exact) mass is 271 g/mol. The number of aryl methyl sites for hydroxylation is 1. The van der Waals surface area contributed by atoms with Crippen LogP contribution in [-0.2, 0) is 12.0 Å². The van der Waals surface area contributed by atoms with Gasteiger partial charge in [0.1, 0.15) is 5.75 Å². The molecule has 0 atom stereocenters. The van der Waals surface area contributed by atoms with Crippen LogP contribution in [0.25, 0.3) is 0 Å². The van der Waals surface area contributed by atoms with Crippen LogP contribution in [0.15, 0.2) is 36.4 Å². The van der Waals surface area contributed by atoms with Crippen molar-refractivity contribution in [3.63, 3.8) is 0 Å². The van der Waals surface area contributed by atoms with Gasteiger partial charge in [-0.1, -0.05) is 32.9 Å². The van der Waals surface area contributed by atoms with Crippen molar-refractivity contribution >= 4 is 0 Å². The minimum atomic E-state index is -0.0874. The average molecular weight is 271 g/mol. The zero-order chi connectivity index (χ0) is 14.8. The van der Waals surface area contributed by atoms with Gasteiger partial charge in [0.05, 0.1) is 12.3 Å². The SMILES string of the molecule is Cc1cccc(Oc2cc(CO)cc(C(C)(C)C)n2)c1. The Morgan fingerprint density at radius 3 is 2.50 bits per heavy atom. The highest BCUT2D eigenvalue weighted by atomic mass is 16.5. The molecule has 1 heterocycles. The molecular formula is C17H21NO2. The maximum Gasteiger partial charge on any atom is 0.219 e. The molecule has 0 amide bonds. The molecule has 1 aromatic heterocycles. The van der Waals surface area contributed by atoms with Crippen molar-refractivity contribution in [3.05, 3.63) is 53.2 Å². The molecule has 0 saturated carbocycles. The van der Waals surface area contributed by atoms with Crippen molar-refractivity contribution in [2.75, 3.05) is 0 Å². The standard InChI is InChI=1S/C17H21NO2/c1-12-6-5-7-14(8-12)20-16-10-13(11-19)9-15(18-16)17(2,3)4/h5-10,19H,11H2,1-4H3. The molecule has 0 fully saturated rings. The van der Waals surface area contributed by atoms with Gasteiger partial charge < -0.3 is 9.84 Å². The summed E-state index contributed by atoms with van der Waals surface area (Å²) in [5.41, 5.74) is 2.77. The van der Waals surface area contributed by atoms with Gasteiger partial charge in [-0.3, -0.25) is 0 Å². The van der Waals surface area contributed by atoms with Crippen molar-refractivity contribution in [3.8, 4) is 11.6 Å². The van der Waals surface area contributed by atoms with E-state index in [1.165, 1.54) is 0 Å². The molecule has 3 heteroatoms. The van der Waals surface area contributed by atoms with E-state index in [2.05, 4.69) is 25.8 Å². The normalized spacial score (nSPS) is 11.4. The summed E-state index contributed by atoms with van der Waals surface area (Å²) in [7, 11) is 0. The summed E-state index contributed by atoms with van der Waals surface area (Å²) in [5, 5.41) is 9.38. The van der Waals surface area contributed by atoms with E-state index in [0.29, 0.717) is 5.88 Å². The molecule has 0 unspecified atom stereocenters. The largest absolute Gasteiger partial charge is 0.439 e. The molecule has 1 aromatic carbocycles. The van der Waals surface area contributed by atoms with Crippen molar-refractivity contribution in [2.45, 2.75) is 39.7 Å². The van der Waals surface area contributed by atoms with Gasteiger partial charge in [0, 0.05) is 11.5 Å².